The van der Waals surface area contributed by atoms with Crippen molar-refractivity contribution in [2.75, 3.05) is 0 Å². The van der Waals surface area contributed by atoms with Gasteiger partial charge in [0.05, 0.1) is 17.3 Å². The number of nitrogens with zero attached hydrogens (tertiary/aromatic N) is 3. The van der Waals surface area contributed by atoms with Crippen molar-refractivity contribution in [3.8, 4) is 17.5 Å². The molecule has 0 aliphatic rings. The first-order valence-electron chi connectivity index (χ1n) is 9.04. The second kappa shape index (κ2) is 8.87. The van der Waals surface area contributed by atoms with E-state index in [2.05, 4.69) is 30.2 Å². The van der Waals surface area contributed by atoms with Crippen LogP contribution < -0.4 is 4.74 Å². The third kappa shape index (κ3) is 4.73. The predicted octanol–water partition coefficient (Wildman–Crippen LogP) is 5.06. The standard InChI is InChI=1S/C22H23N3O/c1-2-3-4-6-20-13-21(25-12-5-11-24-25)15-22(14-20)26-17-19-9-7-18(16-23)8-10-19/h5,7-15H,2-4,6,17H2,1H3. The van der Waals surface area contributed by atoms with Crippen LogP contribution in [0.15, 0.2) is 60.9 Å². The second-order valence-corrected chi connectivity index (χ2v) is 6.34. The van der Waals surface area contributed by atoms with Crippen LogP contribution in [-0.4, -0.2) is 9.78 Å². The minimum absolute atomic E-state index is 0.475. The number of rotatable bonds is 8. The summed E-state index contributed by atoms with van der Waals surface area (Å²) in [5, 5.41) is 13.2. The summed E-state index contributed by atoms with van der Waals surface area (Å²) in [6, 6.07) is 17.8. The highest BCUT2D eigenvalue weighted by molar-refractivity contribution is 5.43. The molecule has 0 aliphatic heterocycles. The van der Waals surface area contributed by atoms with Crippen molar-refractivity contribution in [3.05, 3.63) is 77.6 Å². The van der Waals surface area contributed by atoms with Gasteiger partial charge in [0, 0.05) is 18.5 Å². The molecule has 1 aromatic heterocycles. The molecule has 1 heterocycles. The van der Waals surface area contributed by atoms with E-state index in [0.29, 0.717) is 12.2 Å². The number of nitriles is 1. The van der Waals surface area contributed by atoms with E-state index in [4.69, 9.17) is 10.00 Å². The molecule has 2 aromatic carbocycles. The van der Waals surface area contributed by atoms with Gasteiger partial charge in [0.15, 0.2) is 0 Å². The van der Waals surface area contributed by atoms with Gasteiger partial charge in [0.1, 0.15) is 12.4 Å². The van der Waals surface area contributed by atoms with Crippen molar-refractivity contribution in [3.63, 3.8) is 0 Å². The third-order valence-corrected chi connectivity index (χ3v) is 4.28. The summed E-state index contributed by atoms with van der Waals surface area (Å²) < 4.78 is 7.89. The van der Waals surface area contributed by atoms with E-state index in [-0.39, 0.29) is 0 Å². The Bertz CT molecular complexity index is 861. The molecule has 3 rings (SSSR count). The molecular formula is C22H23N3O. The maximum atomic E-state index is 8.89. The quantitative estimate of drug-likeness (QED) is 0.536. The van der Waals surface area contributed by atoms with Gasteiger partial charge in [-0.25, -0.2) is 4.68 Å². The summed E-state index contributed by atoms with van der Waals surface area (Å²) in [5.74, 6) is 0.842. The molecule has 0 bridgehead atoms. The fraction of sp³-hybridized carbons (Fsp3) is 0.273. The van der Waals surface area contributed by atoms with Crippen LogP contribution in [-0.2, 0) is 13.0 Å². The van der Waals surface area contributed by atoms with Crippen LogP contribution in [0.2, 0.25) is 0 Å². The number of aromatic nitrogens is 2. The molecule has 0 atom stereocenters. The first-order chi connectivity index (χ1) is 12.8. The maximum Gasteiger partial charge on any atom is 0.122 e. The molecular weight excluding hydrogens is 322 g/mol. The lowest BCUT2D eigenvalue weighted by molar-refractivity contribution is 0.305. The Hall–Kier alpha value is -3.06. The molecule has 4 heteroatoms. The molecule has 0 spiro atoms. The van der Waals surface area contributed by atoms with Gasteiger partial charge in [-0.3, -0.25) is 0 Å². The van der Waals surface area contributed by atoms with Gasteiger partial charge in [0.2, 0.25) is 0 Å². The highest BCUT2D eigenvalue weighted by atomic mass is 16.5. The summed E-state index contributed by atoms with van der Waals surface area (Å²) in [6.45, 7) is 2.69. The van der Waals surface area contributed by atoms with Gasteiger partial charge in [0.25, 0.3) is 0 Å². The van der Waals surface area contributed by atoms with E-state index < -0.39 is 0 Å². The van der Waals surface area contributed by atoms with E-state index in [1.165, 1.54) is 24.8 Å². The summed E-state index contributed by atoms with van der Waals surface area (Å²) in [6.07, 6.45) is 8.37. The van der Waals surface area contributed by atoms with Crippen molar-refractivity contribution >= 4 is 0 Å². The number of ether oxygens (including phenoxy) is 1. The van der Waals surface area contributed by atoms with Gasteiger partial charge in [-0.05, 0) is 54.3 Å². The van der Waals surface area contributed by atoms with Crippen LogP contribution in [0.1, 0.15) is 42.9 Å². The van der Waals surface area contributed by atoms with Crippen LogP contribution in [0.25, 0.3) is 5.69 Å². The van der Waals surface area contributed by atoms with E-state index in [1.54, 1.807) is 6.20 Å². The summed E-state index contributed by atoms with van der Waals surface area (Å²) in [4.78, 5) is 0. The van der Waals surface area contributed by atoms with Crippen LogP contribution in [0, 0.1) is 11.3 Å². The lowest BCUT2D eigenvalue weighted by atomic mass is 10.1. The van der Waals surface area contributed by atoms with E-state index in [9.17, 15) is 0 Å². The molecule has 0 saturated carbocycles. The Labute approximate surface area is 154 Å². The molecule has 0 aliphatic carbocycles. The van der Waals surface area contributed by atoms with Crippen molar-refractivity contribution in [1.29, 1.82) is 5.26 Å². The number of benzene rings is 2. The van der Waals surface area contributed by atoms with Crippen molar-refractivity contribution < 1.29 is 4.74 Å². The largest absolute Gasteiger partial charge is 0.489 e. The zero-order chi connectivity index (χ0) is 18.2. The van der Waals surface area contributed by atoms with Crippen LogP contribution >= 0.6 is 0 Å². The third-order valence-electron chi connectivity index (χ3n) is 4.28. The van der Waals surface area contributed by atoms with Gasteiger partial charge in [-0.15, -0.1) is 0 Å². The molecule has 0 amide bonds. The van der Waals surface area contributed by atoms with Crippen molar-refractivity contribution in [2.45, 2.75) is 39.2 Å². The Kier molecular flexibility index (Phi) is 6.05. The molecule has 0 unspecified atom stereocenters. The topological polar surface area (TPSA) is 50.8 Å². The fourth-order valence-corrected chi connectivity index (χ4v) is 2.85. The Morgan fingerprint density at radius 2 is 1.92 bits per heavy atom. The molecule has 132 valence electrons. The smallest absolute Gasteiger partial charge is 0.122 e. The first kappa shape index (κ1) is 17.8. The minimum Gasteiger partial charge on any atom is -0.489 e. The Balaban J connectivity index is 1.76. The van der Waals surface area contributed by atoms with E-state index in [0.717, 1.165) is 23.4 Å². The molecule has 26 heavy (non-hydrogen) atoms. The number of aryl methyl sites for hydroxylation is 1. The average molecular weight is 345 g/mol. The van der Waals surface area contributed by atoms with Crippen molar-refractivity contribution in [1.82, 2.24) is 9.78 Å². The Morgan fingerprint density at radius 1 is 1.08 bits per heavy atom. The summed E-state index contributed by atoms with van der Waals surface area (Å²) in [7, 11) is 0. The SMILES string of the molecule is CCCCCc1cc(OCc2ccc(C#N)cc2)cc(-n2cccn2)c1. The van der Waals surface area contributed by atoms with Crippen LogP contribution in [0.5, 0.6) is 5.75 Å². The number of hydrogen-bond acceptors (Lipinski definition) is 3. The van der Waals surface area contributed by atoms with Gasteiger partial charge in [-0.1, -0.05) is 31.9 Å². The predicted molar refractivity (Wildman–Crippen MR) is 102 cm³/mol. The summed E-state index contributed by atoms with van der Waals surface area (Å²) >= 11 is 0. The van der Waals surface area contributed by atoms with Gasteiger partial charge < -0.3 is 4.74 Å². The zero-order valence-corrected chi connectivity index (χ0v) is 15.1. The minimum atomic E-state index is 0.475. The number of unbranched alkanes of at least 4 members (excludes halogenated alkanes) is 2. The van der Waals surface area contributed by atoms with Gasteiger partial charge in [-0.2, -0.15) is 10.4 Å². The molecule has 4 nitrogen and oxygen atoms in total. The van der Waals surface area contributed by atoms with Crippen LogP contribution in [0.4, 0.5) is 0 Å². The monoisotopic (exact) mass is 345 g/mol. The molecule has 0 saturated heterocycles. The lowest BCUT2D eigenvalue weighted by Gasteiger charge is -2.12. The fourth-order valence-electron chi connectivity index (χ4n) is 2.85. The maximum absolute atomic E-state index is 8.89. The lowest BCUT2D eigenvalue weighted by Crippen LogP contribution is -2.00. The average Bonchev–Trinajstić information content (AvgIpc) is 3.22. The highest BCUT2D eigenvalue weighted by Gasteiger charge is 2.05. The molecule has 0 fully saturated rings. The van der Waals surface area contributed by atoms with Crippen LogP contribution in [0.3, 0.4) is 0 Å². The Morgan fingerprint density at radius 3 is 2.62 bits per heavy atom. The van der Waals surface area contributed by atoms with E-state index >= 15 is 0 Å². The van der Waals surface area contributed by atoms with Crippen molar-refractivity contribution in [2.24, 2.45) is 0 Å². The number of hydrogen-bond donors (Lipinski definition) is 0. The molecule has 3 aromatic rings. The highest BCUT2D eigenvalue weighted by Crippen LogP contribution is 2.22. The summed E-state index contributed by atoms with van der Waals surface area (Å²) in [5.41, 5.74) is 3.98. The molecule has 0 radical (unpaired) electrons. The van der Waals surface area contributed by atoms with Gasteiger partial charge >= 0.3 is 0 Å². The second-order valence-electron chi connectivity index (χ2n) is 6.34. The zero-order valence-electron chi connectivity index (χ0n) is 15.1. The first-order valence-corrected chi connectivity index (χ1v) is 9.04. The molecule has 0 N–H and O–H groups in total. The normalized spacial score (nSPS) is 10.5. The van der Waals surface area contributed by atoms with E-state index in [1.807, 2.05) is 47.3 Å².